The van der Waals surface area contributed by atoms with E-state index in [1.165, 1.54) is 5.38 Å². The maximum Gasteiger partial charge on any atom is 0.348 e. The zero-order chi connectivity index (χ0) is 20.2. The molecule has 2 heterocycles. The third-order valence-electron chi connectivity index (χ3n) is 3.07. The second-order valence-corrected chi connectivity index (χ2v) is 8.92. The molecule has 0 aromatic carbocycles. The van der Waals surface area contributed by atoms with Crippen LogP contribution in [0.5, 0.6) is 0 Å². The van der Waals surface area contributed by atoms with Crippen LogP contribution in [-0.4, -0.2) is 39.5 Å². The van der Waals surface area contributed by atoms with Gasteiger partial charge in [-0.3, -0.25) is 4.79 Å². The van der Waals surface area contributed by atoms with Crippen molar-refractivity contribution in [3.8, 4) is 0 Å². The van der Waals surface area contributed by atoms with Crippen LogP contribution in [0.4, 0.5) is 5.00 Å². The Morgan fingerprint density at radius 3 is 2.48 bits per heavy atom. The van der Waals surface area contributed by atoms with Gasteiger partial charge in [0.25, 0.3) is 5.91 Å². The van der Waals surface area contributed by atoms with Crippen LogP contribution < -0.4 is 10.5 Å². The van der Waals surface area contributed by atoms with Crippen LogP contribution in [0.1, 0.15) is 32.5 Å². The molecule has 0 unspecified atom stereocenters. The lowest BCUT2D eigenvalue weighted by atomic mass is 10.3. The van der Waals surface area contributed by atoms with Gasteiger partial charge in [0.2, 0.25) is 10.0 Å². The molecule has 12 heteroatoms. The molecule has 3 N–H and O–H groups in total. The van der Waals surface area contributed by atoms with Gasteiger partial charge in [-0.2, -0.15) is 0 Å². The predicted octanol–water partition coefficient (Wildman–Crippen LogP) is 1.74. The van der Waals surface area contributed by atoms with Gasteiger partial charge in [-0.25, -0.2) is 23.1 Å². The second kappa shape index (κ2) is 8.61. The van der Waals surface area contributed by atoms with Crippen molar-refractivity contribution in [2.24, 2.45) is 5.14 Å². The molecule has 1 amide bonds. The number of sulfonamides is 1. The average Bonchev–Trinajstić information content (AvgIpc) is 3.19. The van der Waals surface area contributed by atoms with E-state index in [0.29, 0.717) is 15.4 Å². The third kappa shape index (κ3) is 5.60. The molecule has 0 saturated heterocycles. The molecule has 0 radical (unpaired) electrons. The number of hydrogen-bond donors (Lipinski definition) is 2. The van der Waals surface area contributed by atoms with Gasteiger partial charge in [0.1, 0.15) is 9.09 Å². The predicted molar refractivity (Wildman–Crippen MR) is 99.6 cm³/mol. The maximum atomic E-state index is 11.9. The first-order chi connectivity index (χ1) is 12.6. The van der Waals surface area contributed by atoms with Crippen molar-refractivity contribution >= 4 is 55.5 Å². The summed E-state index contributed by atoms with van der Waals surface area (Å²) in [6, 6.07) is 2.68. The number of nitrogens with two attached hydrogens (primary N) is 1. The highest BCUT2D eigenvalue weighted by Crippen LogP contribution is 2.27. The topological polar surface area (TPSA) is 142 Å². The van der Waals surface area contributed by atoms with Gasteiger partial charge in [-0.15, -0.1) is 22.7 Å². The summed E-state index contributed by atoms with van der Waals surface area (Å²) in [5.74, 6) is -1.94. The Morgan fingerprint density at radius 1 is 1.19 bits per heavy atom. The quantitative estimate of drug-likeness (QED) is 0.635. The van der Waals surface area contributed by atoms with Gasteiger partial charge in [-0.05, 0) is 31.5 Å². The Balaban J connectivity index is 1.93. The van der Waals surface area contributed by atoms with Crippen LogP contribution in [0.25, 0.3) is 0 Å². The molecule has 146 valence electrons. The number of amides is 1. The van der Waals surface area contributed by atoms with Gasteiger partial charge in [-0.1, -0.05) is 0 Å². The van der Waals surface area contributed by atoms with Gasteiger partial charge in [0.15, 0.2) is 6.61 Å². The van der Waals surface area contributed by atoms with Crippen molar-refractivity contribution in [1.82, 2.24) is 0 Å². The van der Waals surface area contributed by atoms with Gasteiger partial charge in [0, 0.05) is 5.38 Å². The monoisotopic (exact) mass is 432 g/mol. The Morgan fingerprint density at radius 2 is 1.89 bits per heavy atom. The summed E-state index contributed by atoms with van der Waals surface area (Å²) in [7, 11) is -3.91. The van der Waals surface area contributed by atoms with Crippen molar-refractivity contribution in [1.29, 1.82) is 0 Å². The lowest BCUT2D eigenvalue weighted by molar-refractivity contribution is -0.119. The van der Waals surface area contributed by atoms with Crippen molar-refractivity contribution < 1.29 is 32.3 Å². The summed E-state index contributed by atoms with van der Waals surface area (Å²) in [5, 5.41) is 9.16. The van der Waals surface area contributed by atoms with E-state index in [-0.39, 0.29) is 16.4 Å². The lowest BCUT2D eigenvalue weighted by Crippen LogP contribution is -2.20. The summed E-state index contributed by atoms with van der Waals surface area (Å²) in [4.78, 5) is 35.9. The van der Waals surface area contributed by atoms with Crippen LogP contribution in [-0.2, 0) is 24.3 Å². The number of rotatable bonds is 7. The zero-order valence-corrected chi connectivity index (χ0v) is 16.8. The van der Waals surface area contributed by atoms with Crippen LogP contribution >= 0.6 is 22.7 Å². The summed E-state index contributed by atoms with van der Waals surface area (Å²) >= 11 is 1.82. The number of hydrogen-bond acceptors (Lipinski definition) is 9. The molecule has 0 bridgehead atoms. The van der Waals surface area contributed by atoms with E-state index in [4.69, 9.17) is 14.6 Å². The first-order valence-corrected chi connectivity index (χ1v) is 10.7. The molecule has 9 nitrogen and oxygen atoms in total. The van der Waals surface area contributed by atoms with Crippen molar-refractivity contribution in [2.45, 2.75) is 18.1 Å². The fourth-order valence-electron chi connectivity index (χ4n) is 1.90. The van der Waals surface area contributed by atoms with Crippen molar-refractivity contribution in [2.75, 3.05) is 18.5 Å². The van der Waals surface area contributed by atoms with E-state index >= 15 is 0 Å². The minimum absolute atomic E-state index is 0.0200. The minimum Gasteiger partial charge on any atom is -0.462 e. The fraction of sp³-hybridized carbons (Fsp3) is 0.267. The van der Waals surface area contributed by atoms with E-state index in [2.05, 4.69) is 5.32 Å². The molecular weight excluding hydrogens is 416 g/mol. The zero-order valence-electron chi connectivity index (χ0n) is 14.3. The summed E-state index contributed by atoms with van der Waals surface area (Å²) < 4.78 is 32.0. The normalized spacial score (nSPS) is 11.1. The average molecular weight is 433 g/mol. The Labute approximate surface area is 163 Å². The van der Waals surface area contributed by atoms with Gasteiger partial charge in [0.05, 0.1) is 17.2 Å². The standard InChI is InChI=1S/C15H16N2O7S3/c1-3-23-15(20)13-8(2)4-11(26-13)17-10(18)6-24-14(19)9-5-12(25-7-9)27(16,21)22/h4-5,7H,3,6H2,1-2H3,(H,17,18)(H2,16,21,22). The number of thiophene rings is 2. The Hall–Kier alpha value is -2.28. The van der Waals surface area contributed by atoms with E-state index in [1.54, 1.807) is 19.9 Å². The molecule has 27 heavy (non-hydrogen) atoms. The van der Waals surface area contributed by atoms with Gasteiger partial charge >= 0.3 is 11.9 Å². The molecule has 0 fully saturated rings. The maximum absolute atomic E-state index is 11.9. The smallest absolute Gasteiger partial charge is 0.348 e. The molecular formula is C15H16N2O7S3. The number of carbonyl (C=O) groups excluding carboxylic acids is 3. The molecule has 0 spiro atoms. The molecule has 2 aromatic rings. The van der Waals surface area contributed by atoms with E-state index in [0.717, 1.165) is 28.7 Å². The van der Waals surface area contributed by atoms with E-state index in [1.807, 2.05) is 0 Å². The Bertz CT molecular complexity index is 975. The first kappa shape index (κ1) is 21.0. The van der Waals surface area contributed by atoms with Crippen LogP contribution in [0.2, 0.25) is 0 Å². The minimum atomic E-state index is -3.91. The SMILES string of the molecule is CCOC(=O)c1sc(NC(=O)COC(=O)c2csc(S(N)(=O)=O)c2)cc1C. The molecule has 0 aliphatic heterocycles. The molecule has 2 rings (SSSR count). The molecule has 2 aromatic heterocycles. The first-order valence-electron chi connectivity index (χ1n) is 7.47. The number of anilines is 1. The van der Waals surface area contributed by atoms with Gasteiger partial charge < -0.3 is 14.8 Å². The number of nitrogens with one attached hydrogen (secondary N) is 1. The third-order valence-corrected chi connectivity index (χ3v) is 6.59. The van der Waals surface area contributed by atoms with E-state index in [9.17, 15) is 22.8 Å². The van der Waals surface area contributed by atoms with Crippen molar-refractivity contribution in [3.63, 3.8) is 0 Å². The molecule has 0 aliphatic rings. The highest BCUT2D eigenvalue weighted by atomic mass is 32.2. The van der Waals surface area contributed by atoms with Crippen LogP contribution in [0, 0.1) is 6.92 Å². The van der Waals surface area contributed by atoms with Crippen LogP contribution in [0.15, 0.2) is 21.7 Å². The number of carbonyl (C=O) groups is 3. The fourth-order valence-corrected chi connectivity index (χ4v) is 4.46. The highest BCUT2D eigenvalue weighted by molar-refractivity contribution is 7.91. The number of ether oxygens (including phenoxy) is 2. The second-order valence-electron chi connectivity index (χ2n) is 5.17. The summed E-state index contributed by atoms with van der Waals surface area (Å²) in [6.07, 6.45) is 0. The number of aryl methyl sites for hydroxylation is 1. The number of esters is 2. The van der Waals surface area contributed by atoms with E-state index < -0.39 is 34.5 Å². The van der Waals surface area contributed by atoms with Crippen LogP contribution in [0.3, 0.4) is 0 Å². The number of primary sulfonamides is 1. The molecule has 0 atom stereocenters. The summed E-state index contributed by atoms with van der Waals surface area (Å²) in [5.41, 5.74) is 0.632. The largest absolute Gasteiger partial charge is 0.462 e. The molecule has 0 saturated carbocycles. The highest BCUT2D eigenvalue weighted by Gasteiger charge is 2.19. The Kier molecular flexibility index (Phi) is 6.70. The lowest BCUT2D eigenvalue weighted by Gasteiger charge is -2.04. The molecule has 0 aliphatic carbocycles. The van der Waals surface area contributed by atoms with Crippen molar-refractivity contribution in [3.05, 3.63) is 33.5 Å². The summed E-state index contributed by atoms with van der Waals surface area (Å²) in [6.45, 7) is 3.06.